The van der Waals surface area contributed by atoms with Gasteiger partial charge in [0.05, 0.1) is 21.8 Å². The average molecular weight is 326 g/mol. The van der Waals surface area contributed by atoms with E-state index in [4.69, 9.17) is 9.98 Å². The van der Waals surface area contributed by atoms with Crippen molar-refractivity contribution in [2.75, 3.05) is 12.3 Å². The zero-order chi connectivity index (χ0) is 15.4. The van der Waals surface area contributed by atoms with E-state index in [0.717, 1.165) is 23.7 Å². The van der Waals surface area contributed by atoms with Crippen LogP contribution in [0.25, 0.3) is 0 Å². The van der Waals surface area contributed by atoms with Gasteiger partial charge in [0.25, 0.3) is 0 Å². The summed E-state index contributed by atoms with van der Waals surface area (Å²) in [5.41, 5.74) is 2.16. The van der Waals surface area contributed by atoms with Crippen LogP contribution in [0.3, 0.4) is 0 Å². The molecule has 2 aromatic carbocycles. The SMILES string of the molecule is CCP1C(=Nc2ccccc2)P(CC)C1=Nc1ccccc1. The Kier molecular flexibility index (Phi) is 5.13. The zero-order valence-electron chi connectivity index (χ0n) is 13.0. The molecule has 0 amide bonds. The third-order valence-electron chi connectivity index (χ3n) is 3.57. The van der Waals surface area contributed by atoms with E-state index in [1.165, 1.54) is 10.4 Å². The Labute approximate surface area is 134 Å². The minimum Gasteiger partial charge on any atom is -0.248 e. The van der Waals surface area contributed by atoms with Crippen molar-refractivity contribution in [1.29, 1.82) is 0 Å². The lowest BCUT2D eigenvalue weighted by Gasteiger charge is -2.38. The number of hydrogen-bond donors (Lipinski definition) is 0. The van der Waals surface area contributed by atoms with Crippen LogP contribution in [-0.2, 0) is 0 Å². The summed E-state index contributed by atoms with van der Waals surface area (Å²) in [6.45, 7) is 4.52. The lowest BCUT2D eigenvalue weighted by Crippen LogP contribution is -2.20. The van der Waals surface area contributed by atoms with Gasteiger partial charge in [0.1, 0.15) is 0 Å². The maximum Gasteiger partial charge on any atom is 0.0761 e. The van der Waals surface area contributed by atoms with E-state index in [1.807, 2.05) is 12.1 Å². The van der Waals surface area contributed by atoms with Crippen LogP contribution in [0.2, 0.25) is 0 Å². The van der Waals surface area contributed by atoms with Gasteiger partial charge in [0.15, 0.2) is 0 Å². The first-order valence-electron chi connectivity index (χ1n) is 7.66. The summed E-state index contributed by atoms with van der Waals surface area (Å²) in [4.78, 5) is 9.91. The van der Waals surface area contributed by atoms with Crippen LogP contribution < -0.4 is 0 Å². The van der Waals surface area contributed by atoms with E-state index < -0.39 is 0 Å². The number of para-hydroxylation sites is 2. The van der Waals surface area contributed by atoms with Gasteiger partial charge in [-0.1, -0.05) is 50.2 Å². The summed E-state index contributed by atoms with van der Waals surface area (Å²) >= 11 is 0. The molecule has 0 N–H and O–H groups in total. The highest BCUT2D eigenvalue weighted by Gasteiger charge is 2.41. The van der Waals surface area contributed by atoms with Gasteiger partial charge in [-0.25, -0.2) is 9.98 Å². The molecule has 1 aliphatic rings. The molecule has 0 radical (unpaired) electrons. The predicted molar refractivity (Wildman–Crippen MR) is 102 cm³/mol. The van der Waals surface area contributed by atoms with Crippen molar-refractivity contribution >= 4 is 37.6 Å². The first kappa shape index (κ1) is 15.5. The van der Waals surface area contributed by atoms with Crippen LogP contribution in [0.4, 0.5) is 11.4 Å². The van der Waals surface area contributed by atoms with Crippen molar-refractivity contribution in [1.82, 2.24) is 0 Å². The fourth-order valence-corrected chi connectivity index (χ4v) is 9.38. The van der Waals surface area contributed by atoms with Gasteiger partial charge >= 0.3 is 0 Å². The van der Waals surface area contributed by atoms with Gasteiger partial charge in [-0.2, -0.15) is 0 Å². The normalized spacial score (nSPS) is 20.5. The molecule has 0 aliphatic carbocycles. The molecule has 0 saturated carbocycles. The molecule has 112 valence electrons. The van der Waals surface area contributed by atoms with Crippen LogP contribution in [0.15, 0.2) is 70.6 Å². The molecule has 4 heteroatoms. The van der Waals surface area contributed by atoms with Crippen molar-refractivity contribution in [3.05, 3.63) is 60.7 Å². The zero-order valence-corrected chi connectivity index (χ0v) is 14.8. The molecule has 2 aromatic rings. The molecule has 0 aromatic heterocycles. The highest BCUT2D eigenvalue weighted by Crippen LogP contribution is 2.72. The Morgan fingerprint density at radius 2 is 1.00 bits per heavy atom. The summed E-state index contributed by atoms with van der Waals surface area (Å²) < 4.78 is 0. The van der Waals surface area contributed by atoms with Gasteiger partial charge < -0.3 is 0 Å². The van der Waals surface area contributed by atoms with Crippen LogP contribution in [-0.4, -0.2) is 22.7 Å². The van der Waals surface area contributed by atoms with Gasteiger partial charge in [-0.05, 0) is 52.4 Å². The molecule has 1 heterocycles. The second-order valence-corrected chi connectivity index (χ2v) is 10.4. The van der Waals surface area contributed by atoms with Crippen molar-refractivity contribution in [3.63, 3.8) is 0 Å². The summed E-state index contributed by atoms with van der Waals surface area (Å²) in [5.74, 6) is 0. The number of hydrogen-bond acceptors (Lipinski definition) is 2. The predicted octanol–water partition coefficient (Wildman–Crippen LogP) is 6.38. The van der Waals surface area contributed by atoms with E-state index in [0.29, 0.717) is 0 Å². The average Bonchev–Trinajstić information content (AvgIpc) is 2.56. The highest BCUT2D eigenvalue weighted by atomic mass is 31.2. The molecular weight excluding hydrogens is 306 g/mol. The Balaban J connectivity index is 1.92. The summed E-state index contributed by atoms with van der Waals surface area (Å²) in [5, 5.41) is 2.85. The van der Waals surface area contributed by atoms with Gasteiger partial charge in [-0.15, -0.1) is 0 Å². The standard InChI is InChI=1S/C18H20N2P2/c1-3-21-17(19-15-11-7-5-8-12-15)22(4-2)18(21)20-16-13-9-6-10-14-16/h5-14H,3-4H2,1-2H3. The molecule has 0 atom stereocenters. The molecule has 0 bridgehead atoms. The van der Waals surface area contributed by atoms with Crippen molar-refractivity contribution in [3.8, 4) is 0 Å². The van der Waals surface area contributed by atoms with Crippen LogP contribution in [0, 0.1) is 0 Å². The first-order chi connectivity index (χ1) is 10.8. The molecule has 1 saturated heterocycles. The Morgan fingerprint density at radius 1 is 0.636 bits per heavy atom. The number of nitrogens with zero attached hydrogens (tertiary/aromatic N) is 2. The summed E-state index contributed by atoms with van der Waals surface area (Å²) in [6, 6.07) is 20.7. The smallest absolute Gasteiger partial charge is 0.0761 e. The van der Waals surface area contributed by atoms with E-state index in [2.05, 4.69) is 62.4 Å². The van der Waals surface area contributed by atoms with E-state index in [9.17, 15) is 0 Å². The van der Waals surface area contributed by atoms with Crippen LogP contribution >= 0.6 is 15.8 Å². The fourth-order valence-electron chi connectivity index (χ4n) is 2.47. The lowest BCUT2D eigenvalue weighted by atomic mass is 10.3. The monoisotopic (exact) mass is 326 g/mol. The summed E-state index contributed by atoms with van der Waals surface area (Å²) in [6.07, 6.45) is 2.29. The quantitative estimate of drug-likeness (QED) is 0.582. The van der Waals surface area contributed by atoms with Crippen LogP contribution in [0.5, 0.6) is 0 Å². The first-order valence-corrected chi connectivity index (χ1v) is 10.7. The highest BCUT2D eigenvalue weighted by molar-refractivity contribution is 8.34. The van der Waals surface area contributed by atoms with Gasteiger partial charge in [0, 0.05) is 0 Å². The molecule has 2 nitrogen and oxygen atoms in total. The van der Waals surface area contributed by atoms with Gasteiger partial charge in [-0.3, -0.25) is 0 Å². The second-order valence-electron chi connectivity index (χ2n) is 4.98. The topological polar surface area (TPSA) is 24.7 Å². The molecular formula is C18H20N2P2. The van der Waals surface area contributed by atoms with E-state index in [1.54, 1.807) is 0 Å². The molecule has 1 fully saturated rings. The number of aliphatic imine (C=N–C) groups is 2. The summed E-state index contributed by atoms with van der Waals surface area (Å²) in [7, 11) is -0.572. The lowest BCUT2D eigenvalue weighted by molar-refractivity contribution is 1.48. The molecule has 0 spiro atoms. The maximum absolute atomic E-state index is 4.95. The minimum absolute atomic E-state index is 0.286. The molecule has 0 unspecified atom stereocenters. The largest absolute Gasteiger partial charge is 0.248 e. The third-order valence-corrected chi connectivity index (χ3v) is 10.1. The number of rotatable bonds is 4. The van der Waals surface area contributed by atoms with E-state index >= 15 is 0 Å². The van der Waals surface area contributed by atoms with Crippen molar-refractivity contribution in [2.45, 2.75) is 13.8 Å². The Morgan fingerprint density at radius 3 is 1.32 bits per heavy atom. The minimum atomic E-state index is -0.286. The Bertz CT molecular complexity index is 607. The molecule has 1 aliphatic heterocycles. The van der Waals surface area contributed by atoms with E-state index in [-0.39, 0.29) is 15.8 Å². The second kappa shape index (κ2) is 7.27. The third kappa shape index (κ3) is 3.19. The fraction of sp³-hybridized carbons (Fsp3) is 0.222. The van der Waals surface area contributed by atoms with Crippen LogP contribution in [0.1, 0.15) is 13.8 Å². The van der Waals surface area contributed by atoms with Crippen molar-refractivity contribution in [2.24, 2.45) is 9.98 Å². The molecule has 3 rings (SSSR count). The van der Waals surface area contributed by atoms with Crippen molar-refractivity contribution < 1.29 is 0 Å². The Hall–Kier alpha value is -1.36. The molecule has 22 heavy (non-hydrogen) atoms. The maximum atomic E-state index is 4.95. The van der Waals surface area contributed by atoms with Gasteiger partial charge in [0.2, 0.25) is 0 Å². The number of benzene rings is 2.